The minimum Gasteiger partial charge on any atom is -0.333 e. The Labute approximate surface area is 162 Å². The van der Waals surface area contributed by atoms with Crippen LogP contribution in [0.25, 0.3) is 21.6 Å². The second kappa shape index (κ2) is 7.45. The maximum atomic E-state index is 13.0. The van der Waals surface area contributed by atoms with E-state index in [9.17, 15) is 9.18 Å². The van der Waals surface area contributed by atoms with E-state index in [2.05, 4.69) is 25.5 Å². The third-order valence-electron chi connectivity index (χ3n) is 3.77. The van der Waals surface area contributed by atoms with Gasteiger partial charge in [0.2, 0.25) is 11.0 Å². The van der Waals surface area contributed by atoms with Crippen LogP contribution in [0.4, 0.5) is 9.52 Å². The number of H-pyrrole nitrogens is 1. The molecule has 0 fully saturated rings. The molecule has 27 heavy (non-hydrogen) atoms. The molecule has 0 unspecified atom stereocenters. The molecular weight excluding hydrogens is 385 g/mol. The van der Waals surface area contributed by atoms with Crippen molar-refractivity contribution in [2.24, 2.45) is 0 Å². The van der Waals surface area contributed by atoms with Crippen molar-refractivity contribution in [3.05, 3.63) is 54.3 Å². The number of rotatable bonds is 5. The lowest BCUT2D eigenvalue weighted by molar-refractivity contribution is -0.115. The zero-order valence-corrected chi connectivity index (χ0v) is 15.8. The van der Waals surface area contributed by atoms with Crippen LogP contribution >= 0.6 is 23.1 Å². The van der Waals surface area contributed by atoms with E-state index >= 15 is 0 Å². The van der Waals surface area contributed by atoms with Gasteiger partial charge in [0.05, 0.1) is 16.3 Å². The lowest BCUT2D eigenvalue weighted by Gasteiger charge is -2.07. The van der Waals surface area contributed by atoms with Crippen LogP contribution in [0.5, 0.6) is 0 Å². The number of halogens is 1. The standard InChI is InChI=1S/C18H14FN5OS2/c1-10(26-17-20-13-4-2-3-5-14(13)21-17)15(25)22-18-24-23-16(27-18)11-6-8-12(19)9-7-11/h2-10H,1H3,(H,20,21)(H,22,24,25)/t10-/m1/s1. The van der Waals surface area contributed by atoms with Crippen molar-refractivity contribution < 1.29 is 9.18 Å². The van der Waals surface area contributed by atoms with E-state index in [-0.39, 0.29) is 17.0 Å². The Morgan fingerprint density at radius 3 is 2.74 bits per heavy atom. The summed E-state index contributed by atoms with van der Waals surface area (Å²) in [5.74, 6) is -0.504. The molecule has 0 radical (unpaired) electrons. The summed E-state index contributed by atoms with van der Waals surface area (Å²) < 4.78 is 13.0. The maximum Gasteiger partial charge on any atom is 0.239 e. The van der Waals surface area contributed by atoms with Crippen LogP contribution < -0.4 is 5.32 Å². The SMILES string of the molecule is C[C@@H](Sc1nc2ccccc2[nH]1)C(=O)Nc1nnc(-c2ccc(F)cc2)s1. The van der Waals surface area contributed by atoms with E-state index in [0.717, 1.165) is 16.6 Å². The molecule has 0 bridgehead atoms. The van der Waals surface area contributed by atoms with Crippen LogP contribution in [0, 0.1) is 5.82 Å². The number of imidazole rings is 1. The second-order valence-corrected chi connectivity index (χ2v) is 8.03. The monoisotopic (exact) mass is 399 g/mol. The van der Waals surface area contributed by atoms with Gasteiger partial charge in [0.25, 0.3) is 0 Å². The molecule has 0 aliphatic heterocycles. The number of benzene rings is 2. The molecule has 1 atom stereocenters. The Kier molecular flexibility index (Phi) is 4.87. The van der Waals surface area contributed by atoms with Crippen LogP contribution in [-0.4, -0.2) is 31.3 Å². The first kappa shape index (κ1) is 17.6. The fourth-order valence-corrected chi connectivity index (χ4v) is 3.97. The molecule has 1 amide bonds. The Morgan fingerprint density at radius 1 is 1.19 bits per heavy atom. The van der Waals surface area contributed by atoms with E-state index in [1.54, 1.807) is 19.1 Å². The maximum absolute atomic E-state index is 13.0. The topological polar surface area (TPSA) is 83.6 Å². The van der Waals surface area contributed by atoms with Gasteiger partial charge in [-0.25, -0.2) is 9.37 Å². The molecule has 0 aliphatic rings. The van der Waals surface area contributed by atoms with Crippen LogP contribution in [0.1, 0.15) is 6.92 Å². The minimum atomic E-state index is -0.372. The van der Waals surface area contributed by atoms with Crippen molar-refractivity contribution >= 4 is 45.2 Å². The molecule has 136 valence electrons. The second-order valence-electron chi connectivity index (χ2n) is 5.73. The van der Waals surface area contributed by atoms with Gasteiger partial charge in [0.15, 0.2) is 5.16 Å². The summed E-state index contributed by atoms with van der Waals surface area (Å²) in [6.07, 6.45) is 0. The van der Waals surface area contributed by atoms with Gasteiger partial charge in [-0.15, -0.1) is 10.2 Å². The number of para-hydroxylation sites is 2. The highest BCUT2D eigenvalue weighted by Crippen LogP contribution is 2.28. The Balaban J connectivity index is 1.41. The van der Waals surface area contributed by atoms with Gasteiger partial charge < -0.3 is 4.98 Å². The van der Waals surface area contributed by atoms with Crippen molar-refractivity contribution in [3.8, 4) is 10.6 Å². The number of anilines is 1. The van der Waals surface area contributed by atoms with Gasteiger partial charge in [-0.1, -0.05) is 35.2 Å². The first-order valence-electron chi connectivity index (χ1n) is 8.10. The minimum absolute atomic E-state index is 0.192. The van der Waals surface area contributed by atoms with Crippen molar-refractivity contribution in [2.45, 2.75) is 17.3 Å². The molecule has 0 saturated carbocycles. The number of nitrogens with one attached hydrogen (secondary N) is 2. The summed E-state index contributed by atoms with van der Waals surface area (Å²) in [7, 11) is 0. The largest absolute Gasteiger partial charge is 0.333 e. The fourth-order valence-electron chi connectivity index (χ4n) is 2.40. The van der Waals surface area contributed by atoms with E-state index in [1.807, 2.05) is 24.3 Å². The number of fused-ring (bicyclic) bond motifs is 1. The number of hydrogen-bond acceptors (Lipinski definition) is 6. The molecule has 6 nitrogen and oxygen atoms in total. The van der Waals surface area contributed by atoms with Gasteiger partial charge in [-0.3, -0.25) is 10.1 Å². The molecule has 4 aromatic rings. The first-order valence-corrected chi connectivity index (χ1v) is 9.80. The Morgan fingerprint density at radius 2 is 1.96 bits per heavy atom. The van der Waals surface area contributed by atoms with E-state index in [1.165, 1.54) is 35.2 Å². The number of aromatic amines is 1. The number of carbonyl (C=O) groups excluding carboxylic acids is 1. The molecule has 0 aliphatic carbocycles. The molecule has 0 spiro atoms. The summed E-state index contributed by atoms with van der Waals surface area (Å²) in [6.45, 7) is 1.80. The number of nitrogens with zero attached hydrogens (tertiary/aromatic N) is 3. The summed E-state index contributed by atoms with van der Waals surface area (Å²) in [5, 5.41) is 12.1. The number of thioether (sulfide) groups is 1. The Hall–Kier alpha value is -2.78. The lowest BCUT2D eigenvalue weighted by Crippen LogP contribution is -2.22. The van der Waals surface area contributed by atoms with Crippen molar-refractivity contribution in [2.75, 3.05) is 5.32 Å². The van der Waals surface area contributed by atoms with Gasteiger partial charge in [-0.2, -0.15) is 0 Å². The number of aromatic nitrogens is 4. The highest BCUT2D eigenvalue weighted by Gasteiger charge is 2.18. The normalized spacial score (nSPS) is 12.2. The van der Waals surface area contributed by atoms with Crippen LogP contribution in [0.2, 0.25) is 0 Å². The molecule has 2 aromatic carbocycles. The quantitative estimate of drug-likeness (QED) is 0.488. The third-order valence-corrected chi connectivity index (χ3v) is 5.64. The van der Waals surface area contributed by atoms with E-state index in [0.29, 0.717) is 15.3 Å². The third kappa shape index (κ3) is 3.99. The summed E-state index contributed by atoms with van der Waals surface area (Å²) >= 11 is 2.58. The Bertz CT molecular complexity index is 1060. The summed E-state index contributed by atoms with van der Waals surface area (Å²) in [5.41, 5.74) is 2.54. The van der Waals surface area contributed by atoms with Crippen molar-refractivity contribution in [3.63, 3.8) is 0 Å². The molecule has 2 aromatic heterocycles. The smallest absolute Gasteiger partial charge is 0.239 e. The first-order chi connectivity index (χ1) is 13.1. The fraction of sp³-hybridized carbons (Fsp3) is 0.111. The number of hydrogen-bond donors (Lipinski definition) is 2. The van der Waals surface area contributed by atoms with Crippen LogP contribution in [0.3, 0.4) is 0 Å². The van der Waals surface area contributed by atoms with Crippen LogP contribution in [-0.2, 0) is 4.79 Å². The number of carbonyl (C=O) groups is 1. The summed E-state index contributed by atoms with van der Waals surface area (Å²) in [6, 6.07) is 13.7. The molecule has 2 heterocycles. The van der Waals surface area contributed by atoms with E-state index in [4.69, 9.17) is 0 Å². The van der Waals surface area contributed by atoms with Gasteiger partial charge in [-0.05, 0) is 43.3 Å². The molecule has 0 saturated heterocycles. The molecule has 2 N–H and O–H groups in total. The average Bonchev–Trinajstić information content (AvgIpc) is 3.28. The van der Waals surface area contributed by atoms with Crippen LogP contribution in [0.15, 0.2) is 53.7 Å². The lowest BCUT2D eigenvalue weighted by atomic mass is 10.2. The van der Waals surface area contributed by atoms with E-state index < -0.39 is 0 Å². The average molecular weight is 399 g/mol. The molecule has 4 rings (SSSR count). The highest BCUT2D eigenvalue weighted by molar-refractivity contribution is 8.00. The predicted octanol–water partition coefficient (Wildman–Crippen LogP) is 4.34. The van der Waals surface area contributed by atoms with Gasteiger partial charge in [0.1, 0.15) is 10.8 Å². The van der Waals surface area contributed by atoms with Crippen molar-refractivity contribution in [1.29, 1.82) is 0 Å². The predicted molar refractivity (Wildman–Crippen MR) is 105 cm³/mol. The van der Waals surface area contributed by atoms with Gasteiger partial charge in [0, 0.05) is 5.56 Å². The molecular formula is C18H14FN5OS2. The molecule has 9 heteroatoms. The number of amides is 1. The van der Waals surface area contributed by atoms with Gasteiger partial charge >= 0.3 is 0 Å². The summed E-state index contributed by atoms with van der Waals surface area (Å²) in [4.78, 5) is 20.1. The zero-order valence-electron chi connectivity index (χ0n) is 14.1. The zero-order chi connectivity index (χ0) is 18.8. The van der Waals surface area contributed by atoms with Crippen molar-refractivity contribution in [1.82, 2.24) is 20.2 Å². The highest BCUT2D eigenvalue weighted by atomic mass is 32.2.